The quantitative estimate of drug-likeness (QED) is 0.573. The van der Waals surface area contributed by atoms with Gasteiger partial charge in [0.2, 0.25) is 5.91 Å². The number of hydrogen-bond acceptors (Lipinski definition) is 1. The van der Waals surface area contributed by atoms with Gasteiger partial charge in [-0.15, -0.1) is 11.6 Å². The Balaban J connectivity index is 3.31. The Morgan fingerprint density at radius 2 is 2.17 bits per heavy atom. The molecular weight excluding hydrogens is 241 g/mol. The van der Waals surface area contributed by atoms with Crippen molar-refractivity contribution >= 4 is 33.4 Å². The minimum atomic E-state index is -0.356. The maximum absolute atomic E-state index is 10.9. The van der Waals surface area contributed by atoms with Crippen LogP contribution in [0, 0.1) is 0 Å². The Labute approximate surface area is 87.2 Å². The van der Waals surface area contributed by atoms with E-state index in [4.69, 9.17) is 11.6 Å². The van der Waals surface area contributed by atoms with Crippen LogP contribution in [0.3, 0.4) is 0 Å². The van der Waals surface area contributed by atoms with E-state index in [-0.39, 0.29) is 11.3 Å². The molecule has 0 aromatic heterocycles. The van der Waals surface area contributed by atoms with Gasteiger partial charge in [-0.3, -0.25) is 4.79 Å². The summed E-state index contributed by atoms with van der Waals surface area (Å²) in [6.45, 7) is 0. The van der Waals surface area contributed by atoms with Crippen molar-refractivity contribution < 1.29 is 4.79 Å². The first-order chi connectivity index (χ1) is 5.72. The second-order valence-corrected chi connectivity index (χ2v) is 3.94. The number of halogens is 2. The standard InChI is InChI=1S/C8H15BrClNO/c1-11-8(12)7(10)5-3-2-4-6-9/h7H,2-6H2,1H3,(H,11,12). The summed E-state index contributed by atoms with van der Waals surface area (Å²) in [6, 6.07) is 0. The molecule has 0 rings (SSSR count). The summed E-state index contributed by atoms with van der Waals surface area (Å²) in [5, 5.41) is 3.20. The highest BCUT2D eigenvalue weighted by Gasteiger charge is 2.11. The number of carbonyl (C=O) groups is 1. The lowest BCUT2D eigenvalue weighted by atomic mass is 10.1. The normalized spacial score (nSPS) is 12.6. The average molecular weight is 257 g/mol. The molecule has 0 aliphatic rings. The van der Waals surface area contributed by atoms with Crippen molar-refractivity contribution in [2.24, 2.45) is 0 Å². The molecule has 1 N–H and O–H groups in total. The first-order valence-corrected chi connectivity index (χ1v) is 5.69. The summed E-state index contributed by atoms with van der Waals surface area (Å²) < 4.78 is 0. The molecule has 1 atom stereocenters. The fraction of sp³-hybridized carbons (Fsp3) is 0.875. The second-order valence-electron chi connectivity index (χ2n) is 2.62. The third-order valence-electron chi connectivity index (χ3n) is 1.62. The molecule has 0 spiro atoms. The lowest BCUT2D eigenvalue weighted by molar-refractivity contribution is -0.120. The number of hydrogen-bond donors (Lipinski definition) is 1. The number of unbranched alkanes of at least 4 members (excludes halogenated alkanes) is 2. The van der Waals surface area contributed by atoms with Gasteiger partial charge in [-0.2, -0.15) is 0 Å². The molecule has 0 aliphatic heterocycles. The van der Waals surface area contributed by atoms with Gasteiger partial charge in [0.1, 0.15) is 5.38 Å². The molecule has 0 heterocycles. The van der Waals surface area contributed by atoms with Gasteiger partial charge in [0.05, 0.1) is 0 Å². The van der Waals surface area contributed by atoms with Gasteiger partial charge < -0.3 is 5.32 Å². The summed E-state index contributed by atoms with van der Waals surface area (Å²) in [6.07, 6.45) is 4.07. The maximum Gasteiger partial charge on any atom is 0.237 e. The molecule has 72 valence electrons. The van der Waals surface area contributed by atoms with Crippen LogP contribution in [-0.2, 0) is 4.79 Å². The smallest absolute Gasteiger partial charge is 0.237 e. The molecule has 12 heavy (non-hydrogen) atoms. The van der Waals surface area contributed by atoms with E-state index in [1.807, 2.05) is 0 Å². The summed E-state index contributed by atoms with van der Waals surface area (Å²) in [5.41, 5.74) is 0. The number of nitrogens with one attached hydrogen (secondary N) is 1. The van der Waals surface area contributed by atoms with E-state index in [1.54, 1.807) is 7.05 Å². The van der Waals surface area contributed by atoms with Crippen molar-refractivity contribution in [2.75, 3.05) is 12.4 Å². The SMILES string of the molecule is CNC(=O)C(Cl)CCCCCBr. The van der Waals surface area contributed by atoms with Crippen molar-refractivity contribution in [1.29, 1.82) is 0 Å². The fourth-order valence-corrected chi connectivity index (χ4v) is 1.54. The molecule has 0 aromatic carbocycles. The van der Waals surface area contributed by atoms with E-state index in [1.165, 1.54) is 0 Å². The molecule has 0 radical (unpaired) electrons. The largest absolute Gasteiger partial charge is 0.358 e. The molecule has 1 unspecified atom stereocenters. The molecule has 0 fully saturated rings. The Bertz CT molecular complexity index is 132. The monoisotopic (exact) mass is 255 g/mol. The highest BCUT2D eigenvalue weighted by Crippen LogP contribution is 2.09. The molecule has 0 bridgehead atoms. The van der Waals surface area contributed by atoms with Gasteiger partial charge in [-0.1, -0.05) is 28.8 Å². The van der Waals surface area contributed by atoms with Crippen LogP contribution in [0.15, 0.2) is 0 Å². The van der Waals surface area contributed by atoms with E-state index in [9.17, 15) is 4.79 Å². The first-order valence-electron chi connectivity index (χ1n) is 4.14. The molecule has 0 aromatic rings. The predicted octanol–water partition coefficient (Wildman–Crippen LogP) is 2.30. The van der Waals surface area contributed by atoms with Crippen LogP contribution >= 0.6 is 27.5 Å². The van der Waals surface area contributed by atoms with Crippen molar-refractivity contribution in [2.45, 2.75) is 31.1 Å². The van der Waals surface area contributed by atoms with Gasteiger partial charge in [0.15, 0.2) is 0 Å². The molecule has 0 aliphatic carbocycles. The van der Waals surface area contributed by atoms with E-state index < -0.39 is 0 Å². The van der Waals surface area contributed by atoms with Gasteiger partial charge in [-0.05, 0) is 12.8 Å². The zero-order valence-corrected chi connectivity index (χ0v) is 9.62. The summed E-state index contributed by atoms with van der Waals surface area (Å²) in [4.78, 5) is 10.9. The minimum absolute atomic E-state index is 0.0736. The molecular formula is C8H15BrClNO. The van der Waals surface area contributed by atoms with Crippen LogP contribution in [0.2, 0.25) is 0 Å². The van der Waals surface area contributed by atoms with Crippen LogP contribution in [0.4, 0.5) is 0 Å². The van der Waals surface area contributed by atoms with Crippen LogP contribution in [-0.4, -0.2) is 23.7 Å². The molecule has 4 heteroatoms. The molecule has 0 saturated heterocycles. The zero-order chi connectivity index (χ0) is 9.40. The Hall–Kier alpha value is 0.240. The van der Waals surface area contributed by atoms with Crippen LogP contribution in [0.5, 0.6) is 0 Å². The van der Waals surface area contributed by atoms with Gasteiger partial charge in [-0.25, -0.2) is 0 Å². The van der Waals surface area contributed by atoms with Gasteiger partial charge in [0, 0.05) is 12.4 Å². The first kappa shape index (κ1) is 12.2. The van der Waals surface area contributed by atoms with E-state index in [0.717, 1.165) is 31.0 Å². The molecule has 0 saturated carbocycles. The van der Waals surface area contributed by atoms with E-state index in [2.05, 4.69) is 21.2 Å². The highest BCUT2D eigenvalue weighted by molar-refractivity contribution is 9.09. The highest BCUT2D eigenvalue weighted by atomic mass is 79.9. The van der Waals surface area contributed by atoms with Gasteiger partial charge in [0.25, 0.3) is 0 Å². The fourth-order valence-electron chi connectivity index (χ4n) is 0.883. The average Bonchev–Trinajstić information content (AvgIpc) is 2.10. The number of amides is 1. The maximum atomic E-state index is 10.9. The minimum Gasteiger partial charge on any atom is -0.358 e. The summed E-state index contributed by atoms with van der Waals surface area (Å²) >= 11 is 9.13. The third-order valence-corrected chi connectivity index (χ3v) is 2.60. The Morgan fingerprint density at radius 3 is 2.67 bits per heavy atom. The number of alkyl halides is 2. The van der Waals surface area contributed by atoms with Crippen LogP contribution in [0.1, 0.15) is 25.7 Å². The van der Waals surface area contributed by atoms with E-state index in [0.29, 0.717) is 0 Å². The lowest BCUT2D eigenvalue weighted by Gasteiger charge is -2.06. The summed E-state index contributed by atoms with van der Waals surface area (Å²) in [5.74, 6) is -0.0736. The molecule has 2 nitrogen and oxygen atoms in total. The van der Waals surface area contributed by atoms with Crippen LogP contribution in [0.25, 0.3) is 0 Å². The number of carbonyl (C=O) groups excluding carboxylic acids is 1. The van der Waals surface area contributed by atoms with Crippen molar-refractivity contribution in [1.82, 2.24) is 5.32 Å². The second kappa shape index (κ2) is 7.87. The topological polar surface area (TPSA) is 29.1 Å². The van der Waals surface area contributed by atoms with Crippen LogP contribution < -0.4 is 5.32 Å². The summed E-state index contributed by atoms with van der Waals surface area (Å²) in [7, 11) is 1.61. The van der Waals surface area contributed by atoms with Crippen molar-refractivity contribution in [3.8, 4) is 0 Å². The Kier molecular flexibility index (Phi) is 8.02. The Morgan fingerprint density at radius 1 is 1.50 bits per heavy atom. The van der Waals surface area contributed by atoms with Gasteiger partial charge >= 0.3 is 0 Å². The predicted molar refractivity (Wildman–Crippen MR) is 56.0 cm³/mol. The lowest BCUT2D eigenvalue weighted by Crippen LogP contribution is -2.27. The van der Waals surface area contributed by atoms with Crippen molar-refractivity contribution in [3.63, 3.8) is 0 Å². The zero-order valence-electron chi connectivity index (χ0n) is 7.28. The third kappa shape index (κ3) is 5.84. The number of rotatable bonds is 6. The van der Waals surface area contributed by atoms with E-state index >= 15 is 0 Å². The molecule has 1 amide bonds. The van der Waals surface area contributed by atoms with Crippen molar-refractivity contribution in [3.05, 3.63) is 0 Å².